The molecule has 0 aliphatic rings. The van der Waals surface area contributed by atoms with Gasteiger partial charge in [-0.05, 0) is 72.5 Å². The summed E-state index contributed by atoms with van der Waals surface area (Å²) < 4.78 is 84.2. The summed E-state index contributed by atoms with van der Waals surface area (Å²) in [5.41, 5.74) is 5.29. The van der Waals surface area contributed by atoms with Gasteiger partial charge in [0.1, 0.15) is 12.1 Å². The van der Waals surface area contributed by atoms with E-state index in [1.54, 1.807) is 30.5 Å². The Morgan fingerprint density at radius 3 is 2.06 bits per heavy atom. The molecule has 0 atom stereocenters. The Labute approximate surface area is 273 Å². The minimum atomic E-state index is -4.78. The van der Waals surface area contributed by atoms with E-state index in [0.717, 1.165) is 34.5 Å². The summed E-state index contributed by atoms with van der Waals surface area (Å²) >= 11 is 1.32. The first-order valence-corrected chi connectivity index (χ1v) is 15.1. The van der Waals surface area contributed by atoms with Crippen LogP contribution in [0.2, 0.25) is 0 Å². The molecule has 0 aliphatic heterocycles. The SMILES string of the molecule is Cc1cccc(C)c1-n1c(-c2ccc(C(F)(F)F)cc2)cs/c1=N/N=C\c1ccc(-c2ncn(-c3ccc(OC(F)(F)F)cc3)n2)cc1. The Bertz CT molecular complexity index is 2120. The summed E-state index contributed by atoms with van der Waals surface area (Å²) in [6.45, 7) is 3.92. The average molecular weight is 679 g/mol. The zero-order valence-corrected chi connectivity index (χ0v) is 26.0. The molecular formula is C34H24F6N6OS. The van der Waals surface area contributed by atoms with E-state index in [2.05, 4.69) is 25.0 Å². The average Bonchev–Trinajstić information content (AvgIpc) is 3.69. The van der Waals surface area contributed by atoms with E-state index in [4.69, 9.17) is 0 Å². The third-order valence-corrected chi connectivity index (χ3v) is 8.04. The number of rotatable bonds is 7. The summed E-state index contributed by atoms with van der Waals surface area (Å²) in [6.07, 6.45) is -6.18. The van der Waals surface area contributed by atoms with Crippen LogP contribution in [0, 0.1) is 13.8 Å². The normalized spacial score (nSPS) is 12.6. The van der Waals surface area contributed by atoms with Gasteiger partial charge in [-0.1, -0.05) is 54.6 Å². The lowest BCUT2D eigenvalue weighted by Crippen LogP contribution is -2.17. The number of halogens is 6. The summed E-state index contributed by atoms with van der Waals surface area (Å²) in [4.78, 5) is 4.83. The Morgan fingerprint density at radius 1 is 0.792 bits per heavy atom. The van der Waals surface area contributed by atoms with Gasteiger partial charge >= 0.3 is 12.5 Å². The summed E-state index contributed by atoms with van der Waals surface area (Å²) in [5, 5.41) is 15.0. The highest BCUT2D eigenvalue weighted by atomic mass is 32.1. The molecule has 0 bridgehead atoms. The Hall–Kier alpha value is -5.50. The number of thiazole rings is 1. The number of aryl methyl sites for hydroxylation is 2. The molecule has 2 aromatic heterocycles. The molecule has 14 heteroatoms. The molecule has 0 N–H and O–H groups in total. The highest BCUT2D eigenvalue weighted by Gasteiger charge is 2.31. The highest BCUT2D eigenvalue weighted by Crippen LogP contribution is 2.32. The summed E-state index contributed by atoms with van der Waals surface area (Å²) in [5.74, 6) is 0.0668. The standard InChI is InChI=1S/C34H24F6N6OS/c1-21-4-3-5-22(2)30(21)46-29(24-10-12-26(13-11-24)33(35,36)37)19-48-32(46)43-42-18-23-6-8-25(9-7-23)31-41-20-45(44-31)27-14-16-28(17-15-27)47-34(38,39)40/h3-20H,1-2H3/b42-18-,43-32+. The second-order valence-electron chi connectivity index (χ2n) is 10.6. The van der Waals surface area contributed by atoms with E-state index in [1.807, 2.05) is 42.0 Å². The van der Waals surface area contributed by atoms with Gasteiger partial charge in [0.2, 0.25) is 4.80 Å². The fraction of sp³-hybridized carbons (Fsp3) is 0.118. The number of para-hydroxylation sites is 1. The maximum absolute atomic E-state index is 13.2. The zero-order chi connectivity index (χ0) is 34.1. The first kappa shape index (κ1) is 32.4. The molecule has 6 aromatic rings. The summed E-state index contributed by atoms with van der Waals surface area (Å²) in [6, 6.07) is 23.3. The molecule has 0 fully saturated rings. The van der Waals surface area contributed by atoms with Crippen LogP contribution in [0.1, 0.15) is 22.3 Å². The van der Waals surface area contributed by atoms with Crippen molar-refractivity contribution in [1.82, 2.24) is 19.3 Å². The Kier molecular flexibility index (Phi) is 8.75. The van der Waals surface area contributed by atoms with Gasteiger partial charge in [0, 0.05) is 10.9 Å². The number of ether oxygens (including phenoxy) is 1. The molecule has 2 heterocycles. The molecular weight excluding hydrogens is 654 g/mol. The van der Waals surface area contributed by atoms with Gasteiger partial charge in [-0.3, -0.25) is 4.57 Å². The fourth-order valence-electron chi connectivity index (χ4n) is 4.97. The van der Waals surface area contributed by atoms with Gasteiger partial charge < -0.3 is 4.74 Å². The van der Waals surface area contributed by atoms with Crippen LogP contribution in [0.5, 0.6) is 5.75 Å². The number of nitrogens with zero attached hydrogens (tertiary/aromatic N) is 6. The molecule has 0 saturated carbocycles. The van der Waals surface area contributed by atoms with E-state index in [0.29, 0.717) is 33.1 Å². The quantitative estimate of drug-likeness (QED) is 0.0962. The minimum absolute atomic E-state index is 0.339. The number of hydrogen-bond acceptors (Lipinski definition) is 6. The molecule has 0 unspecified atom stereocenters. The lowest BCUT2D eigenvalue weighted by atomic mass is 10.1. The topological polar surface area (TPSA) is 69.6 Å². The zero-order valence-electron chi connectivity index (χ0n) is 25.2. The van der Waals surface area contributed by atoms with Crippen LogP contribution in [-0.4, -0.2) is 31.9 Å². The third kappa shape index (κ3) is 7.23. The van der Waals surface area contributed by atoms with Gasteiger partial charge in [0.25, 0.3) is 0 Å². The van der Waals surface area contributed by atoms with Gasteiger partial charge in [0.05, 0.1) is 28.8 Å². The van der Waals surface area contributed by atoms with Crippen molar-refractivity contribution in [2.45, 2.75) is 26.4 Å². The van der Waals surface area contributed by atoms with Crippen molar-refractivity contribution < 1.29 is 31.1 Å². The number of hydrogen-bond donors (Lipinski definition) is 0. The predicted molar refractivity (Wildman–Crippen MR) is 170 cm³/mol. The number of alkyl halides is 6. The van der Waals surface area contributed by atoms with Crippen molar-refractivity contribution in [2.24, 2.45) is 10.2 Å². The monoisotopic (exact) mass is 678 g/mol. The molecule has 7 nitrogen and oxygen atoms in total. The predicted octanol–water partition coefficient (Wildman–Crippen LogP) is 8.92. The van der Waals surface area contributed by atoms with Crippen molar-refractivity contribution in [2.75, 3.05) is 0 Å². The van der Waals surface area contributed by atoms with Crippen LogP contribution >= 0.6 is 11.3 Å². The van der Waals surface area contributed by atoms with Crippen LogP contribution in [0.25, 0.3) is 34.0 Å². The fourth-order valence-corrected chi connectivity index (χ4v) is 5.82. The molecule has 4 aromatic carbocycles. The van der Waals surface area contributed by atoms with Crippen molar-refractivity contribution >= 4 is 17.6 Å². The first-order chi connectivity index (χ1) is 22.9. The van der Waals surface area contributed by atoms with Crippen molar-refractivity contribution in [3.63, 3.8) is 0 Å². The van der Waals surface area contributed by atoms with Crippen LogP contribution < -0.4 is 9.54 Å². The van der Waals surface area contributed by atoms with Crippen molar-refractivity contribution in [3.8, 4) is 39.8 Å². The second-order valence-corrected chi connectivity index (χ2v) is 11.4. The van der Waals surface area contributed by atoms with Crippen LogP contribution in [0.3, 0.4) is 0 Å². The molecule has 0 spiro atoms. The van der Waals surface area contributed by atoms with Gasteiger partial charge in [-0.25, -0.2) is 9.67 Å². The smallest absolute Gasteiger partial charge is 0.406 e. The Morgan fingerprint density at radius 2 is 1.44 bits per heavy atom. The maximum atomic E-state index is 13.2. The highest BCUT2D eigenvalue weighted by molar-refractivity contribution is 7.07. The molecule has 0 amide bonds. The molecule has 48 heavy (non-hydrogen) atoms. The first-order valence-electron chi connectivity index (χ1n) is 14.3. The molecule has 6 rings (SSSR count). The number of benzene rings is 4. The van der Waals surface area contributed by atoms with E-state index in [-0.39, 0.29) is 5.75 Å². The largest absolute Gasteiger partial charge is 0.573 e. The lowest BCUT2D eigenvalue weighted by molar-refractivity contribution is -0.274. The molecule has 0 aliphatic carbocycles. The van der Waals surface area contributed by atoms with Crippen molar-refractivity contribution in [3.05, 3.63) is 130 Å². The molecule has 0 radical (unpaired) electrons. The van der Waals surface area contributed by atoms with E-state index >= 15 is 0 Å². The van der Waals surface area contributed by atoms with Crippen molar-refractivity contribution in [1.29, 1.82) is 0 Å². The van der Waals surface area contributed by atoms with Crippen LogP contribution in [0.4, 0.5) is 26.3 Å². The minimum Gasteiger partial charge on any atom is -0.406 e. The number of aromatic nitrogens is 4. The van der Waals surface area contributed by atoms with Gasteiger partial charge in [-0.2, -0.15) is 18.3 Å². The summed E-state index contributed by atoms with van der Waals surface area (Å²) in [7, 11) is 0. The van der Waals surface area contributed by atoms with Crippen LogP contribution in [-0.2, 0) is 6.18 Å². The third-order valence-electron chi connectivity index (χ3n) is 7.22. The van der Waals surface area contributed by atoms with E-state index in [1.165, 1.54) is 58.7 Å². The van der Waals surface area contributed by atoms with E-state index < -0.39 is 18.1 Å². The van der Waals surface area contributed by atoms with Crippen LogP contribution in [0.15, 0.2) is 113 Å². The Balaban J connectivity index is 1.25. The van der Waals surface area contributed by atoms with Gasteiger partial charge in [-0.15, -0.1) is 34.7 Å². The lowest BCUT2D eigenvalue weighted by Gasteiger charge is -2.15. The second kappa shape index (κ2) is 13.0. The molecule has 244 valence electrons. The van der Waals surface area contributed by atoms with Gasteiger partial charge in [0.15, 0.2) is 5.82 Å². The molecule has 0 saturated heterocycles. The maximum Gasteiger partial charge on any atom is 0.573 e. The van der Waals surface area contributed by atoms with E-state index in [9.17, 15) is 26.3 Å².